The highest BCUT2D eigenvalue weighted by Crippen LogP contribution is 2.06. The highest BCUT2D eigenvalue weighted by Gasteiger charge is 2.06. The van der Waals surface area contributed by atoms with Gasteiger partial charge >= 0.3 is 0 Å². The zero-order valence-corrected chi connectivity index (χ0v) is 10.9. The molecule has 5 heteroatoms. The smallest absolute Gasteiger partial charge is 0.152 e. The van der Waals surface area contributed by atoms with Crippen molar-refractivity contribution in [1.29, 1.82) is 0 Å². The molecule has 0 fully saturated rings. The summed E-state index contributed by atoms with van der Waals surface area (Å²) in [6.07, 6.45) is 3.76. The fourth-order valence-electron chi connectivity index (χ4n) is 1.18. The van der Waals surface area contributed by atoms with Crippen molar-refractivity contribution in [3.63, 3.8) is 0 Å². The van der Waals surface area contributed by atoms with Crippen LogP contribution in [0, 0.1) is 0 Å². The normalized spacial score (nSPS) is 12.5. The third-order valence-corrected chi connectivity index (χ3v) is 1.94. The lowest BCUT2D eigenvalue weighted by Gasteiger charge is -2.14. The maximum absolute atomic E-state index is 10.9. The highest BCUT2D eigenvalue weighted by atomic mass is 16.1. The first-order valence-corrected chi connectivity index (χ1v) is 5.60. The molecule has 0 atom stereocenters. The van der Waals surface area contributed by atoms with E-state index < -0.39 is 0 Å². The van der Waals surface area contributed by atoms with Gasteiger partial charge in [-0.3, -0.25) is 4.79 Å². The van der Waals surface area contributed by atoms with Crippen LogP contribution in [-0.2, 0) is 4.79 Å². The zero-order chi connectivity index (χ0) is 13.4. The van der Waals surface area contributed by atoms with Crippen LogP contribution in [-0.4, -0.2) is 31.0 Å². The van der Waals surface area contributed by atoms with Crippen molar-refractivity contribution in [2.24, 2.45) is 10.9 Å². The molecule has 0 spiro atoms. The van der Waals surface area contributed by atoms with Crippen molar-refractivity contribution in [2.45, 2.75) is 33.6 Å². The summed E-state index contributed by atoms with van der Waals surface area (Å²) in [5, 5.41) is 5.17. The highest BCUT2D eigenvalue weighted by molar-refractivity contribution is 6.41. The molecule has 0 aromatic carbocycles. The van der Waals surface area contributed by atoms with E-state index in [1.165, 1.54) is 6.92 Å². The fourth-order valence-corrected chi connectivity index (χ4v) is 1.18. The number of nitrogens with zero attached hydrogens (tertiary/aromatic N) is 2. The topological polar surface area (TPSA) is 58.7 Å². The molecule has 0 amide bonds. The van der Waals surface area contributed by atoms with Gasteiger partial charge in [-0.15, -0.1) is 0 Å². The van der Waals surface area contributed by atoms with Crippen molar-refractivity contribution < 1.29 is 4.79 Å². The van der Waals surface area contributed by atoms with Crippen molar-refractivity contribution in [1.82, 2.24) is 5.12 Å². The lowest BCUT2D eigenvalue weighted by atomic mass is 9.87. The molecule has 2 radical (unpaired) electrons. The van der Waals surface area contributed by atoms with Gasteiger partial charge in [0.15, 0.2) is 5.78 Å². The molecule has 0 aliphatic carbocycles. The van der Waals surface area contributed by atoms with Gasteiger partial charge in [0.1, 0.15) is 14.4 Å². The maximum atomic E-state index is 10.9. The predicted molar refractivity (Wildman–Crippen MR) is 72.6 cm³/mol. The Morgan fingerprint density at radius 1 is 1.53 bits per heavy atom. The van der Waals surface area contributed by atoms with Crippen LogP contribution in [0.4, 0.5) is 0 Å². The first kappa shape index (κ1) is 15.6. The standard InChI is InChI=1S/C12H20BN3O/c1-5-6-7-11(13)12(9(2)3)15-16(14)8-10(4)17/h7H,2,5-6,8,14H2,1,3-4H3/b11-7+,15-12+. The molecule has 0 saturated carbocycles. The number of rotatable bonds is 7. The molecule has 17 heavy (non-hydrogen) atoms. The van der Waals surface area contributed by atoms with Gasteiger partial charge in [0.05, 0.1) is 5.71 Å². The Labute approximate surface area is 105 Å². The molecular weight excluding hydrogens is 213 g/mol. The van der Waals surface area contributed by atoms with E-state index in [0.29, 0.717) is 16.8 Å². The lowest BCUT2D eigenvalue weighted by molar-refractivity contribution is -0.118. The number of hydrogen-bond acceptors (Lipinski definition) is 4. The Bertz CT molecular complexity index is 348. The van der Waals surface area contributed by atoms with Crippen LogP contribution >= 0.6 is 0 Å². The SMILES string of the molecule is [B]C(=C/CCC)/C(=N/N(N)CC(C)=O)C(=C)C. The van der Waals surface area contributed by atoms with E-state index in [9.17, 15) is 4.79 Å². The second-order valence-corrected chi connectivity index (χ2v) is 3.98. The minimum atomic E-state index is -0.0616. The minimum Gasteiger partial charge on any atom is -0.298 e. The molecule has 0 aliphatic heterocycles. The Morgan fingerprint density at radius 3 is 2.53 bits per heavy atom. The van der Waals surface area contributed by atoms with E-state index in [1.807, 2.05) is 6.08 Å². The molecule has 0 unspecified atom stereocenters. The third kappa shape index (κ3) is 6.74. The first-order valence-electron chi connectivity index (χ1n) is 5.60. The summed E-state index contributed by atoms with van der Waals surface area (Å²) in [7, 11) is 5.89. The first-order chi connectivity index (χ1) is 7.88. The molecule has 0 heterocycles. The average molecular weight is 233 g/mol. The number of hydrogen-bond donors (Lipinski definition) is 1. The molecule has 4 nitrogen and oxygen atoms in total. The number of carbonyl (C=O) groups is 1. The van der Waals surface area contributed by atoms with Crippen molar-refractivity contribution >= 4 is 19.3 Å². The van der Waals surface area contributed by atoms with E-state index in [0.717, 1.165) is 18.0 Å². The summed E-state index contributed by atoms with van der Waals surface area (Å²) < 4.78 is 0. The van der Waals surface area contributed by atoms with Crippen LogP contribution in [0.3, 0.4) is 0 Å². The van der Waals surface area contributed by atoms with E-state index in [2.05, 4.69) is 18.6 Å². The number of allylic oxidation sites excluding steroid dienone is 3. The Kier molecular flexibility index (Phi) is 7.22. The van der Waals surface area contributed by atoms with Gasteiger partial charge in [-0.2, -0.15) is 5.10 Å². The Morgan fingerprint density at radius 2 is 2.12 bits per heavy atom. The second kappa shape index (κ2) is 7.84. The Hall–Kier alpha value is -1.36. The number of Topliss-reactive ketones (excluding diaryl/α,β-unsaturated/α-hetero) is 1. The van der Waals surface area contributed by atoms with Gasteiger partial charge in [0.2, 0.25) is 0 Å². The van der Waals surface area contributed by atoms with Crippen LogP contribution in [0.25, 0.3) is 0 Å². The van der Waals surface area contributed by atoms with E-state index in [1.54, 1.807) is 6.92 Å². The summed E-state index contributed by atoms with van der Waals surface area (Å²) in [4.78, 5) is 10.9. The molecule has 0 bridgehead atoms. The number of unbranched alkanes of at least 4 members (excludes halogenated alkanes) is 1. The number of nitrogens with two attached hydrogens (primary N) is 1. The summed E-state index contributed by atoms with van der Waals surface area (Å²) in [5.41, 5.74) is 1.79. The van der Waals surface area contributed by atoms with Crippen LogP contribution < -0.4 is 5.84 Å². The quantitative estimate of drug-likeness (QED) is 0.314. The van der Waals surface area contributed by atoms with Gasteiger partial charge in [-0.1, -0.05) is 31.5 Å². The van der Waals surface area contributed by atoms with Gasteiger partial charge < -0.3 is 0 Å². The second-order valence-electron chi connectivity index (χ2n) is 3.98. The van der Waals surface area contributed by atoms with Crippen LogP contribution in [0.5, 0.6) is 0 Å². The van der Waals surface area contributed by atoms with Crippen molar-refractivity contribution in [3.05, 3.63) is 23.7 Å². The van der Waals surface area contributed by atoms with Crippen LogP contribution in [0.15, 0.2) is 28.8 Å². The maximum Gasteiger partial charge on any atom is 0.152 e. The average Bonchev–Trinajstić information content (AvgIpc) is 2.21. The van der Waals surface area contributed by atoms with Crippen molar-refractivity contribution in [2.75, 3.05) is 6.54 Å². The summed E-state index contributed by atoms with van der Waals surface area (Å²) in [6, 6.07) is 0. The van der Waals surface area contributed by atoms with E-state index in [4.69, 9.17) is 13.7 Å². The minimum absolute atomic E-state index is 0.0534. The van der Waals surface area contributed by atoms with Gasteiger partial charge in [0, 0.05) is 0 Å². The molecule has 0 rings (SSSR count). The molecule has 0 aromatic rings. The Balaban J connectivity index is 4.90. The largest absolute Gasteiger partial charge is 0.298 e. The number of hydrazone groups is 1. The molecular formula is C12H20BN3O. The molecule has 0 aromatic heterocycles. The fraction of sp³-hybridized carbons (Fsp3) is 0.500. The van der Waals surface area contributed by atoms with Gasteiger partial charge in [-0.05, 0) is 25.8 Å². The zero-order valence-electron chi connectivity index (χ0n) is 10.9. The molecule has 2 N–H and O–H groups in total. The summed E-state index contributed by atoms with van der Waals surface area (Å²) in [5.74, 6) is 5.52. The lowest BCUT2D eigenvalue weighted by Crippen LogP contribution is -2.32. The van der Waals surface area contributed by atoms with Gasteiger partial charge in [0.25, 0.3) is 0 Å². The van der Waals surface area contributed by atoms with E-state index in [-0.39, 0.29) is 12.3 Å². The summed E-state index contributed by atoms with van der Waals surface area (Å²) >= 11 is 0. The number of carbonyl (C=O) groups excluding carboxylic acids is 1. The van der Waals surface area contributed by atoms with E-state index >= 15 is 0 Å². The van der Waals surface area contributed by atoms with Gasteiger partial charge in [-0.25, -0.2) is 11.0 Å². The molecule has 0 aliphatic rings. The molecule has 92 valence electrons. The number of ketones is 1. The molecule has 0 saturated heterocycles. The van der Waals surface area contributed by atoms with Crippen molar-refractivity contribution in [3.8, 4) is 0 Å². The summed E-state index contributed by atoms with van der Waals surface area (Å²) in [6.45, 7) is 9.16. The monoisotopic (exact) mass is 233 g/mol. The third-order valence-electron chi connectivity index (χ3n) is 1.94. The predicted octanol–water partition coefficient (Wildman–Crippen LogP) is 1.54. The number of hydrazine groups is 1. The van der Waals surface area contributed by atoms with Crippen LogP contribution in [0.1, 0.15) is 33.6 Å². The van der Waals surface area contributed by atoms with Crippen LogP contribution in [0.2, 0.25) is 0 Å².